The van der Waals surface area contributed by atoms with Gasteiger partial charge >= 0.3 is 5.97 Å². The van der Waals surface area contributed by atoms with Crippen LogP contribution in [-0.2, 0) is 20.9 Å². The van der Waals surface area contributed by atoms with E-state index in [0.29, 0.717) is 27.6 Å². The highest BCUT2D eigenvalue weighted by Gasteiger charge is 2.15. The van der Waals surface area contributed by atoms with Gasteiger partial charge in [-0.1, -0.05) is 30.0 Å². The summed E-state index contributed by atoms with van der Waals surface area (Å²) in [4.78, 5) is 40.0. The van der Waals surface area contributed by atoms with Gasteiger partial charge in [0, 0.05) is 23.2 Å². The number of rotatable bonds is 8. The Hall–Kier alpha value is -3.79. The van der Waals surface area contributed by atoms with E-state index in [1.54, 1.807) is 24.3 Å². The van der Waals surface area contributed by atoms with Gasteiger partial charge in [-0.3, -0.25) is 14.4 Å². The van der Waals surface area contributed by atoms with Crippen molar-refractivity contribution < 1.29 is 19.1 Å². The Labute approximate surface area is 193 Å². The van der Waals surface area contributed by atoms with Gasteiger partial charge in [0.2, 0.25) is 5.16 Å². The maximum absolute atomic E-state index is 12.1. The number of carbonyl (C=O) groups is 3. The molecule has 0 radical (unpaired) electrons. The lowest BCUT2D eigenvalue weighted by Crippen LogP contribution is -2.21. The summed E-state index contributed by atoms with van der Waals surface area (Å²) in [5.41, 5.74) is 3.51. The molecule has 4 aromatic rings. The van der Waals surface area contributed by atoms with Gasteiger partial charge in [0.1, 0.15) is 5.52 Å². The van der Waals surface area contributed by atoms with Crippen LogP contribution in [0.4, 0.5) is 5.69 Å². The van der Waals surface area contributed by atoms with Gasteiger partial charge in [-0.2, -0.15) is 0 Å². The molecule has 0 atom stereocenters. The number of hydrogen-bond acceptors (Lipinski definition) is 8. The first-order chi connectivity index (χ1) is 16.0. The number of aromatic nitrogens is 4. The molecule has 0 fully saturated rings. The largest absolute Gasteiger partial charge is 0.455 e. The van der Waals surface area contributed by atoms with E-state index in [1.807, 2.05) is 31.2 Å². The van der Waals surface area contributed by atoms with Crippen LogP contribution in [0.1, 0.15) is 24.2 Å². The van der Waals surface area contributed by atoms with Crippen LogP contribution in [0.3, 0.4) is 0 Å². The Kier molecular flexibility index (Phi) is 6.64. The van der Waals surface area contributed by atoms with Crippen LogP contribution in [0.25, 0.3) is 22.1 Å². The molecule has 0 aliphatic heterocycles. The zero-order valence-corrected chi connectivity index (χ0v) is 18.9. The molecule has 168 valence electrons. The quantitative estimate of drug-likeness (QED) is 0.240. The number of ether oxygens (including phenoxy) is 1. The first-order valence-corrected chi connectivity index (χ1v) is 11.3. The Bertz CT molecular complexity index is 1350. The highest BCUT2D eigenvalue weighted by Crippen LogP contribution is 2.27. The summed E-state index contributed by atoms with van der Waals surface area (Å²) in [5.74, 6) is -1.16. The number of aryl methyl sites for hydroxylation is 1. The molecule has 2 aromatic carbocycles. The highest BCUT2D eigenvalue weighted by molar-refractivity contribution is 7.99. The number of anilines is 1. The Morgan fingerprint density at radius 2 is 1.82 bits per heavy atom. The van der Waals surface area contributed by atoms with E-state index in [-0.39, 0.29) is 11.5 Å². The van der Waals surface area contributed by atoms with Crippen LogP contribution in [0.2, 0.25) is 0 Å². The number of carbonyl (C=O) groups excluding carboxylic acids is 3. The number of thioether (sulfide) groups is 1. The summed E-state index contributed by atoms with van der Waals surface area (Å²) in [5, 5.41) is 12.4. The van der Waals surface area contributed by atoms with Crippen molar-refractivity contribution in [2.24, 2.45) is 0 Å². The summed E-state index contributed by atoms with van der Waals surface area (Å²) in [6, 6.07) is 14.4. The van der Waals surface area contributed by atoms with Crippen LogP contribution in [0.5, 0.6) is 0 Å². The number of hydrogen-bond donors (Lipinski definition) is 1. The van der Waals surface area contributed by atoms with Crippen molar-refractivity contribution in [3.8, 4) is 0 Å². The molecular formula is C23H21N5O4S. The normalized spacial score (nSPS) is 11.0. The van der Waals surface area contributed by atoms with Crippen molar-refractivity contribution >= 4 is 57.2 Å². The van der Waals surface area contributed by atoms with Crippen LogP contribution in [0.15, 0.2) is 53.7 Å². The van der Waals surface area contributed by atoms with E-state index in [4.69, 9.17) is 4.74 Å². The maximum Gasteiger partial charge on any atom is 0.316 e. The third kappa shape index (κ3) is 5.01. The van der Waals surface area contributed by atoms with Gasteiger partial charge in [0.25, 0.3) is 5.91 Å². The molecule has 0 bridgehead atoms. The van der Waals surface area contributed by atoms with E-state index in [2.05, 4.69) is 25.1 Å². The van der Waals surface area contributed by atoms with Crippen LogP contribution >= 0.6 is 11.8 Å². The minimum Gasteiger partial charge on any atom is -0.455 e. The van der Waals surface area contributed by atoms with E-state index >= 15 is 0 Å². The lowest BCUT2D eigenvalue weighted by atomic mass is 10.1. The molecule has 0 unspecified atom stereocenters. The van der Waals surface area contributed by atoms with E-state index in [9.17, 15) is 14.4 Å². The molecule has 2 aromatic heterocycles. The van der Waals surface area contributed by atoms with Crippen molar-refractivity contribution in [1.82, 2.24) is 19.7 Å². The standard InChI is InChI=1S/C23H21N5O4S/c1-3-28-18-7-5-4-6-17(18)21-22(28)25-23(27-26-21)33-13-20(31)32-12-19(30)24-16-10-8-15(9-11-16)14(2)29/h4-11H,3,12-13H2,1-2H3,(H,24,30). The topological polar surface area (TPSA) is 116 Å². The summed E-state index contributed by atoms with van der Waals surface area (Å²) in [6.07, 6.45) is 0. The van der Waals surface area contributed by atoms with E-state index < -0.39 is 18.5 Å². The number of benzene rings is 2. The lowest BCUT2D eigenvalue weighted by molar-refractivity contribution is -0.144. The fraction of sp³-hybridized carbons (Fsp3) is 0.217. The van der Waals surface area contributed by atoms with E-state index in [1.165, 1.54) is 6.92 Å². The number of esters is 1. The van der Waals surface area contributed by atoms with Gasteiger partial charge < -0.3 is 14.6 Å². The summed E-state index contributed by atoms with van der Waals surface area (Å²) < 4.78 is 7.08. The number of fused-ring (bicyclic) bond motifs is 3. The zero-order chi connectivity index (χ0) is 23.4. The number of nitrogens with one attached hydrogen (secondary N) is 1. The first-order valence-electron chi connectivity index (χ1n) is 10.3. The van der Waals surface area contributed by atoms with Gasteiger partial charge in [0.15, 0.2) is 18.0 Å². The maximum atomic E-state index is 12.1. The van der Waals surface area contributed by atoms with Crippen molar-refractivity contribution in [1.29, 1.82) is 0 Å². The fourth-order valence-corrected chi connectivity index (χ4v) is 3.95. The predicted octanol–water partition coefficient (Wildman–Crippen LogP) is 3.48. The number of amides is 1. The minimum absolute atomic E-state index is 0.0554. The van der Waals surface area contributed by atoms with Crippen molar-refractivity contribution in [2.75, 3.05) is 17.7 Å². The Balaban J connectivity index is 1.32. The lowest BCUT2D eigenvalue weighted by Gasteiger charge is -2.07. The monoisotopic (exact) mass is 463 g/mol. The molecular weight excluding hydrogens is 442 g/mol. The molecule has 0 aliphatic carbocycles. The number of para-hydroxylation sites is 1. The molecule has 0 aliphatic rings. The second-order valence-corrected chi connectivity index (χ2v) is 8.10. The number of Topliss-reactive ketones (excluding diaryl/α,β-unsaturated/α-hetero) is 1. The SMILES string of the molecule is CCn1c2ccccc2c2nnc(SCC(=O)OCC(=O)Nc3ccc(C(C)=O)cc3)nc21. The molecule has 9 nitrogen and oxygen atoms in total. The average Bonchev–Trinajstić information content (AvgIpc) is 3.14. The van der Waals surface area contributed by atoms with Gasteiger partial charge in [0.05, 0.1) is 11.3 Å². The van der Waals surface area contributed by atoms with Gasteiger partial charge in [-0.15, -0.1) is 10.2 Å². The minimum atomic E-state index is -0.568. The zero-order valence-electron chi connectivity index (χ0n) is 18.1. The van der Waals surface area contributed by atoms with Gasteiger partial charge in [-0.25, -0.2) is 4.98 Å². The van der Waals surface area contributed by atoms with Crippen LogP contribution < -0.4 is 5.32 Å². The van der Waals surface area contributed by atoms with Crippen molar-refractivity contribution in [3.63, 3.8) is 0 Å². The number of nitrogens with zero attached hydrogens (tertiary/aromatic N) is 4. The molecule has 0 spiro atoms. The molecule has 1 N–H and O–H groups in total. The number of ketones is 1. The van der Waals surface area contributed by atoms with Crippen LogP contribution in [-0.4, -0.2) is 49.8 Å². The van der Waals surface area contributed by atoms with E-state index in [0.717, 1.165) is 29.2 Å². The molecule has 0 saturated carbocycles. The van der Waals surface area contributed by atoms with Gasteiger partial charge in [-0.05, 0) is 44.2 Å². The molecule has 4 rings (SSSR count). The highest BCUT2D eigenvalue weighted by atomic mass is 32.2. The average molecular weight is 464 g/mol. The molecule has 0 saturated heterocycles. The smallest absolute Gasteiger partial charge is 0.316 e. The first kappa shape index (κ1) is 22.4. The van der Waals surface area contributed by atoms with Crippen LogP contribution in [0, 0.1) is 0 Å². The second kappa shape index (κ2) is 9.78. The molecule has 33 heavy (non-hydrogen) atoms. The third-order valence-electron chi connectivity index (χ3n) is 4.93. The summed E-state index contributed by atoms with van der Waals surface area (Å²) in [6.45, 7) is 3.80. The molecule has 1 amide bonds. The predicted molar refractivity (Wildman–Crippen MR) is 125 cm³/mol. The summed E-state index contributed by atoms with van der Waals surface area (Å²) >= 11 is 1.10. The Morgan fingerprint density at radius 1 is 1.06 bits per heavy atom. The second-order valence-electron chi connectivity index (χ2n) is 7.16. The Morgan fingerprint density at radius 3 is 2.55 bits per heavy atom. The molecule has 10 heteroatoms. The third-order valence-corrected chi connectivity index (χ3v) is 5.74. The fourth-order valence-electron chi connectivity index (χ4n) is 3.37. The summed E-state index contributed by atoms with van der Waals surface area (Å²) in [7, 11) is 0. The van der Waals surface area contributed by atoms with Crippen molar-refractivity contribution in [3.05, 3.63) is 54.1 Å². The van der Waals surface area contributed by atoms with Crippen molar-refractivity contribution in [2.45, 2.75) is 25.5 Å². The molecule has 2 heterocycles.